The SMILES string of the molecule is O=C(CNc1cccc(C(F)(F)F)c1)N/N=C\c1cc2c(cc1Cl)OCO2. The summed E-state index contributed by atoms with van der Waals surface area (Å²) in [5.74, 6) is 0.491. The van der Waals surface area contributed by atoms with Crippen LogP contribution in [0.2, 0.25) is 5.02 Å². The molecule has 0 fully saturated rings. The maximum Gasteiger partial charge on any atom is 0.416 e. The van der Waals surface area contributed by atoms with Gasteiger partial charge >= 0.3 is 6.18 Å². The van der Waals surface area contributed by atoms with Crippen molar-refractivity contribution in [2.75, 3.05) is 18.7 Å². The van der Waals surface area contributed by atoms with Crippen LogP contribution < -0.4 is 20.2 Å². The van der Waals surface area contributed by atoms with Gasteiger partial charge in [-0.25, -0.2) is 5.43 Å². The van der Waals surface area contributed by atoms with Crippen molar-refractivity contribution in [2.45, 2.75) is 6.18 Å². The van der Waals surface area contributed by atoms with Crippen molar-refractivity contribution < 1.29 is 27.4 Å². The zero-order valence-electron chi connectivity index (χ0n) is 13.6. The minimum Gasteiger partial charge on any atom is -0.454 e. The number of nitrogens with zero attached hydrogens (tertiary/aromatic N) is 1. The van der Waals surface area contributed by atoms with Gasteiger partial charge in [-0.15, -0.1) is 0 Å². The fourth-order valence-corrected chi connectivity index (χ4v) is 2.44. The van der Waals surface area contributed by atoms with Crippen molar-refractivity contribution in [3.63, 3.8) is 0 Å². The molecule has 3 rings (SSSR count). The van der Waals surface area contributed by atoms with E-state index in [0.29, 0.717) is 22.1 Å². The first-order valence-electron chi connectivity index (χ1n) is 7.65. The minimum atomic E-state index is -4.45. The molecule has 6 nitrogen and oxygen atoms in total. The van der Waals surface area contributed by atoms with Crippen LogP contribution in [-0.2, 0) is 11.0 Å². The zero-order valence-corrected chi connectivity index (χ0v) is 14.4. The summed E-state index contributed by atoms with van der Waals surface area (Å²) in [7, 11) is 0. The molecular formula is C17H13ClF3N3O3. The van der Waals surface area contributed by atoms with E-state index in [1.165, 1.54) is 18.3 Å². The molecule has 2 aromatic rings. The molecule has 0 bridgehead atoms. The largest absolute Gasteiger partial charge is 0.454 e. The van der Waals surface area contributed by atoms with E-state index in [1.807, 2.05) is 0 Å². The highest BCUT2D eigenvalue weighted by Gasteiger charge is 2.30. The summed E-state index contributed by atoms with van der Waals surface area (Å²) in [5.41, 5.74) is 2.13. The number of hydrogen-bond acceptors (Lipinski definition) is 5. The molecule has 10 heteroatoms. The highest BCUT2D eigenvalue weighted by molar-refractivity contribution is 6.33. The number of carbonyl (C=O) groups excluding carboxylic acids is 1. The van der Waals surface area contributed by atoms with Crippen molar-refractivity contribution in [3.05, 3.63) is 52.5 Å². The number of hydrazone groups is 1. The maximum atomic E-state index is 12.7. The molecule has 0 saturated carbocycles. The van der Waals surface area contributed by atoms with Crippen LogP contribution in [0.3, 0.4) is 0 Å². The van der Waals surface area contributed by atoms with E-state index in [-0.39, 0.29) is 19.0 Å². The van der Waals surface area contributed by atoms with Crippen LogP contribution in [0, 0.1) is 0 Å². The third kappa shape index (κ3) is 4.82. The van der Waals surface area contributed by atoms with Crippen LogP contribution >= 0.6 is 11.6 Å². The lowest BCUT2D eigenvalue weighted by Gasteiger charge is -2.10. The number of halogens is 4. The van der Waals surface area contributed by atoms with Gasteiger partial charge in [0.05, 0.1) is 23.3 Å². The highest BCUT2D eigenvalue weighted by Crippen LogP contribution is 2.36. The van der Waals surface area contributed by atoms with Crippen molar-refractivity contribution in [3.8, 4) is 11.5 Å². The van der Waals surface area contributed by atoms with E-state index < -0.39 is 17.6 Å². The van der Waals surface area contributed by atoms with Gasteiger partial charge in [0, 0.05) is 17.3 Å². The number of hydrogen-bond donors (Lipinski definition) is 2. The van der Waals surface area contributed by atoms with E-state index >= 15 is 0 Å². The molecular weight excluding hydrogens is 387 g/mol. The summed E-state index contributed by atoms with van der Waals surface area (Å²) in [6.45, 7) is -0.155. The molecule has 27 heavy (non-hydrogen) atoms. The summed E-state index contributed by atoms with van der Waals surface area (Å²) in [5, 5.41) is 6.73. The Morgan fingerprint density at radius 1 is 1.22 bits per heavy atom. The Balaban J connectivity index is 1.54. The Morgan fingerprint density at radius 2 is 1.96 bits per heavy atom. The molecule has 142 valence electrons. The van der Waals surface area contributed by atoms with Gasteiger partial charge in [0.2, 0.25) is 6.79 Å². The first kappa shape index (κ1) is 18.8. The van der Waals surface area contributed by atoms with Crippen molar-refractivity contribution in [1.29, 1.82) is 0 Å². The number of nitrogens with one attached hydrogen (secondary N) is 2. The minimum absolute atomic E-state index is 0.101. The Kier molecular flexibility index (Phi) is 5.41. The van der Waals surface area contributed by atoms with E-state index in [1.54, 1.807) is 12.1 Å². The molecule has 1 aliphatic rings. The number of alkyl halides is 3. The van der Waals surface area contributed by atoms with Gasteiger partial charge in [-0.3, -0.25) is 4.79 Å². The second-order valence-corrected chi connectivity index (χ2v) is 5.86. The number of rotatable bonds is 5. The number of fused-ring (bicyclic) bond motifs is 1. The summed E-state index contributed by atoms with van der Waals surface area (Å²) < 4.78 is 48.4. The second-order valence-electron chi connectivity index (χ2n) is 5.45. The van der Waals surface area contributed by atoms with E-state index in [9.17, 15) is 18.0 Å². The molecule has 2 aromatic carbocycles. The average molecular weight is 400 g/mol. The molecule has 1 amide bonds. The molecule has 0 atom stereocenters. The Bertz CT molecular complexity index is 887. The monoisotopic (exact) mass is 399 g/mol. The summed E-state index contributed by atoms with van der Waals surface area (Å²) in [6.07, 6.45) is -3.12. The van der Waals surface area contributed by atoms with Gasteiger partial charge in [0.25, 0.3) is 5.91 Å². The van der Waals surface area contributed by atoms with E-state index in [4.69, 9.17) is 21.1 Å². The first-order valence-corrected chi connectivity index (χ1v) is 8.03. The predicted octanol–water partition coefficient (Wildman–Crippen LogP) is 3.65. The average Bonchev–Trinajstić information content (AvgIpc) is 3.06. The molecule has 0 aliphatic carbocycles. The lowest BCUT2D eigenvalue weighted by Crippen LogP contribution is -2.26. The lowest BCUT2D eigenvalue weighted by molar-refractivity contribution is -0.137. The van der Waals surface area contributed by atoms with Crippen LogP contribution in [0.25, 0.3) is 0 Å². The molecule has 1 heterocycles. The van der Waals surface area contributed by atoms with Crippen LogP contribution in [0.1, 0.15) is 11.1 Å². The number of ether oxygens (including phenoxy) is 2. The molecule has 0 aromatic heterocycles. The fourth-order valence-electron chi connectivity index (χ4n) is 2.23. The zero-order chi connectivity index (χ0) is 19.4. The topological polar surface area (TPSA) is 72.0 Å². The van der Waals surface area contributed by atoms with Crippen LogP contribution in [0.5, 0.6) is 11.5 Å². The Morgan fingerprint density at radius 3 is 2.70 bits per heavy atom. The third-order valence-electron chi connectivity index (χ3n) is 3.53. The predicted molar refractivity (Wildman–Crippen MR) is 93.2 cm³/mol. The molecule has 0 spiro atoms. The van der Waals surface area contributed by atoms with Gasteiger partial charge in [-0.05, 0) is 24.3 Å². The Labute approximate surface area is 156 Å². The quantitative estimate of drug-likeness (QED) is 0.594. The number of anilines is 1. The summed E-state index contributed by atoms with van der Waals surface area (Å²) >= 11 is 6.07. The van der Waals surface area contributed by atoms with Gasteiger partial charge in [0.1, 0.15) is 0 Å². The second kappa shape index (κ2) is 7.75. The van der Waals surface area contributed by atoms with Gasteiger partial charge in [-0.2, -0.15) is 18.3 Å². The van der Waals surface area contributed by atoms with Gasteiger partial charge in [-0.1, -0.05) is 17.7 Å². The highest BCUT2D eigenvalue weighted by atomic mass is 35.5. The van der Waals surface area contributed by atoms with Crippen LogP contribution in [0.4, 0.5) is 18.9 Å². The van der Waals surface area contributed by atoms with Gasteiger partial charge in [0.15, 0.2) is 11.5 Å². The van der Waals surface area contributed by atoms with Crippen LogP contribution in [-0.4, -0.2) is 25.5 Å². The van der Waals surface area contributed by atoms with E-state index in [2.05, 4.69) is 15.8 Å². The molecule has 0 unspecified atom stereocenters. The lowest BCUT2D eigenvalue weighted by atomic mass is 10.2. The standard InChI is InChI=1S/C17H13ClF3N3O3/c18-13-6-15-14(26-9-27-15)4-10(13)7-23-24-16(25)8-22-12-3-1-2-11(5-12)17(19,20)21/h1-7,22H,8-9H2,(H,24,25)/b23-7-. The van der Waals surface area contributed by atoms with Crippen molar-refractivity contribution in [2.24, 2.45) is 5.10 Å². The number of amides is 1. The molecule has 0 saturated heterocycles. The first-order chi connectivity index (χ1) is 12.8. The maximum absolute atomic E-state index is 12.7. The smallest absolute Gasteiger partial charge is 0.416 e. The normalized spacial score (nSPS) is 13.0. The number of carbonyl (C=O) groups is 1. The van der Waals surface area contributed by atoms with Crippen LogP contribution in [0.15, 0.2) is 41.5 Å². The number of benzene rings is 2. The summed E-state index contributed by atoms with van der Waals surface area (Å²) in [6, 6.07) is 7.73. The Hall–Kier alpha value is -2.94. The summed E-state index contributed by atoms with van der Waals surface area (Å²) in [4.78, 5) is 11.8. The van der Waals surface area contributed by atoms with Crippen molar-refractivity contribution in [1.82, 2.24) is 5.43 Å². The molecule has 1 aliphatic heterocycles. The fraction of sp³-hybridized carbons (Fsp3) is 0.176. The van der Waals surface area contributed by atoms with Gasteiger partial charge < -0.3 is 14.8 Å². The van der Waals surface area contributed by atoms with E-state index in [0.717, 1.165) is 12.1 Å². The molecule has 0 radical (unpaired) electrons. The molecule has 2 N–H and O–H groups in total. The third-order valence-corrected chi connectivity index (χ3v) is 3.86. The van der Waals surface area contributed by atoms with Crippen molar-refractivity contribution >= 4 is 29.4 Å².